The van der Waals surface area contributed by atoms with E-state index in [1.807, 2.05) is 13.8 Å². The Morgan fingerprint density at radius 3 is 1.94 bits per heavy atom. The minimum Gasteiger partial charge on any atom is -0.0915 e. The summed E-state index contributed by atoms with van der Waals surface area (Å²) in [6.45, 7) is 19.0. The van der Waals surface area contributed by atoms with Crippen molar-refractivity contribution in [1.82, 2.24) is 0 Å². The highest BCUT2D eigenvalue weighted by Crippen LogP contribution is 2.16. The monoisotopic (exact) mass is 218 g/mol. The van der Waals surface area contributed by atoms with Gasteiger partial charge in [-0.25, -0.2) is 0 Å². The topological polar surface area (TPSA) is 0 Å². The summed E-state index contributed by atoms with van der Waals surface area (Å²) in [4.78, 5) is 0. The van der Waals surface area contributed by atoms with Crippen molar-refractivity contribution >= 4 is 12.2 Å². The summed E-state index contributed by atoms with van der Waals surface area (Å²) in [6, 6.07) is 6.52. The highest BCUT2D eigenvalue weighted by atomic mass is 14.2. The molecule has 0 bridgehead atoms. The largest absolute Gasteiger partial charge is 0.0915 e. The van der Waals surface area contributed by atoms with Crippen molar-refractivity contribution < 1.29 is 0 Å². The van der Waals surface area contributed by atoms with E-state index < -0.39 is 0 Å². The second kappa shape index (κ2) is 5.89. The first-order valence-electron chi connectivity index (χ1n) is 6.09. The van der Waals surface area contributed by atoms with E-state index >= 15 is 0 Å². The molecule has 0 aliphatic heterocycles. The van der Waals surface area contributed by atoms with Gasteiger partial charge >= 0.3 is 0 Å². The standard InChI is InChI=1S/C14H20.C2H6/c1-10(2)12-8-7-11(3)13(9-12)14(4,5)6;1-2/h7-9H,3H2,1-2,4-6H3;1-2H3. The Hall–Kier alpha value is -1.04. The van der Waals surface area contributed by atoms with Crippen LogP contribution in [0.5, 0.6) is 0 Å². The zero-order valence-electron chi connectivity index (χ0n) is 11.9. The molecule has 0 aliphatic carbocycles. The zero-order valence-corrected chi connectivity index (χ0v) is 11.9. The average Bonchev–Trinajstić information content (AvgIpc) is 2.19. The molecule has 1 aromatic rings. The lowest BCUT2D eigenvalue weighted by Gasteiger charge is -2.19. The van der Waals surface area contributed by atoms with Crippen LogP contribution >= 0.6 is 0 Å². The highest BCUT2D eigenvalue weighted by molar-refractivity contribution is 5.41. The van der Waals surface area contributed by atoms with Gasteiger partial charge in [-0.2, -0.15) is 0 Å². The van der Waals surface area contributed by atoms with Crippen molar-refractivity contribution in [3.8, 4) is 0 Å². The van der Waals surface area contributed by atoms with Crippen molar-refractivity contribution in [3.63, 3.8) is 0 Å². The Morgan fingerprint density at radius 2 is 1.56 bits per heavy atom. The molecule has 0 saturated heterocycles. The third-order valence-corrected chi connectivity index (χ3v) is 2.50. The van der Waals surface area contributed by atoms with Gasteiger partial charge in [0.25, 0.3) is 0 Å². The van der Waals surface area contributed by atoms with Gasteiger partial charge in [0.2, 0.25) is 0 Å². The summed E-state index contributed by atoms with van der Waals surface area (Å²) in [5.74, 6) is 0. The highest BCUT2D eigenvalue weighted by Gasteiger charge is 2.13. The fourth-order valence-corrected chi connectivity index (χ4v) is 1.59. The number of hydrogen-bond acceptors (Lipinski definition) is 0. The summed E-state index contributed by atoms with van der Waals surface area (Å²) >= 11 is 0. The molecular formula is C16H26. The van der Waals surface area contributed by atoms with E-state index in [9.17, 15) is 0 Å². The van der Waals surface area contributed by atoms with E-state index in [1.165, 1.54) is 16.4 Å². The van der Waals surface area contributed by atoms with Gasteiger partial charge in [0.15, 0.2) is 0 Å². The SMILES string of the molecule is C=c1ccc(=C(C)C)cc1C(C)(C)C.CC. The smallest absolute Gasteiger partial charge is 0.0126 e. The van der Waals surface area contributed by atoms with Crippen LogP contribution in [0.1, 0.15) is 54.0 Å². The first kappa shape index (κ1) is 15.0. The van der Waals surface area contributed by atoms with E-state index in [2.05, 4.69) is 59.4 Å². The summed E-state index contributed by atoms with van der Waals surface area (Å²) in [6.07, 6.45) is 0. The molecule has 0 fully saturated rings. The van der Waals surface area contributed by atoms with Gasteiger partial charge < -0.3 is 0 Å². The predicted octanol–water partition coefficient (Wildman–Crippen LogP) is 3.61. The third kappa shape index (κ3) is 3.84. The molecule has 0 unspecified atom stereocenters. The van der Waals surface area contributed by atoms with Crippen molar-refractivity contribution in [2.45, 2.75) is 53.9 Å². The summed E-state index contributed by atoms with van der Waals surface area (Å²) in [5, 5.41) is 2.46. The molecule has 0 N–H and O–H groups in total. The molecule has 0 aromatic heterocycles. The Morgan fingerprint density at radius 1 is 1.06 bits per heavy atom. The third-order valence-electron chi connectivity index (χ3n) is 2.50. The number of rotatable bonds is 0. The molecule has 0 spiro atoms. The summed E-state index contributed by atoms with van der Waals surface area (Å²) in [7, 11) is 0. The van der Waals surface area contributed by atoms with Crippen LogP contribution in [-0.4, -0.2) is 0 Å². The summed E-state index contributed by atoms with van der Waals surface area (Å²) < 4.78 is 0. The maximum Gasteiger partial charge on any atom is -0.0126 e. The average molecular weight is 218 g/mol. The Labute approximate surface area is 101 Å². The molecule has 0 radical (unpaired) electrons. The Kier molecular flexibility index (Phi) is 5.50. The van der Waals surface area contributed by atoms with E-state index in [0.29, 0.717) is 0 Å². The van der Waals surface area contributed by atoms with Gasteiger partial charge in [-0.1, -0.05) is 65.0 Å². The molecule has 1 rings (SSSR count). The molecule has 0 atom stereocenters. The number of benzene rings is 1. The van der Waals surface area contributed by atoms with Gasteiger partial charge in [-0.15, -0.1) is 0 Å². The summed E-state index contributed by atoms with van der Waals surface area (Å²) in [5.41, 5.74) is 2.88. The zero-order chi connectivity index (χ0) is 12.9. The molecule has 0 nitrogen and oxygen atoms in total. The van der Waals surface area contributed by atoms with Crippen LogP contribution in [0.15, 0.2) is 18.2 Å². The Balaban J connectivity index is 0.00000106. The lowest BCUT2D eigenvalue weighted by molar-refractivity contribution is 0.586. The van der Waals surface area contributed by atoms with Gasteiger partial charge in [0, 0.05) is 0 Å². The van der Waals surface area contributed by atoms with Gasteiger partial charge in [-0.3, -0.25) is 0 Å². The first-order chi connectivity index (χ1) is 7.32. The maximum atomic E-state index is 4.08. The van der Waals surface area contributed by atoms with Gasteiger partial charge in [0.1, 0.15) is 0 Å². The quantitative estimate of drug-likeness (QED) is 0.624. The van der Waals surface area contributed by atoms with Crippen molar-refractivity contribution in [2.75, 3.05) is 0 Å². The van der Waals surface area contributed by atoms with Crippen LogP contribution in [0.4, 0.5) is 0 Å². The minimum atomic E-state index is 0.183. The van der Waals surface area contributed by atoms with Gasteiger partial charge in [0.05, 0.1) is 0 Å². The lowest BCUT2D eigenvalue weighted by atomic mass is 9.85. The minimum absolute atomic E-state index is 0.183. The van der Waals surface area contributed by atoms with Crippen LogP contribution in [0.3, 0.4) is 0 Å². The van der Waals surface area contributed by atoms with E-state index in [-0.39, 0.29) is 5.41 Å². The lowest BCUT2D eigenvalue weighted by Crippen LogP contribution is -2.25. The van der Waals surface area contributed by atoms with Crippen LogP contribution < -0.4 is 10.4 Å². The van der Waals surface area contributed by atoms with Crippen LogP contribution in [0.2, 0.25) is 0 Å². The van der Waals surface area contributed by atoms with Crippen LogP contribution in [-0.2, 0) is 5.41 Å². The number of hydrogen-bond donors (Lipinski definition) is 0. The van der Waals surface area contributed by atoms with Crippen LogP contribution in [0.25, 0.3) is 12.2 Å². The molecule has 0 heteroatoms. The predicted molar refractivity (Wildman–Crippen MR) is 76.0 cm³/mol. The van der Waals surface area contributed by atoms with Crippen molar-refractivity contribution in [3.05, 3.63) is 34.2 Å². The molecule has 1 aromatic carbocycles. The molecule has 0 aliphatic rings. The second-order valence-electron chi connectivity index (χ2n) is 5.12. The first-order valence-corrected chi connectivity index (χ1v) is 6.09. The van der Waals surface area contributed by atoms with E-state index in [1.54, 1.807) is 0 Å². The Bertz CT molecular complexity index is 426. The van der Waals surface area contributed by atoms with Gasteiger partial charge in [-0.05, 0) is 35.3 Å². The molecule has 0 heterocycles. The van der Waals surface area contributed by atoms with Crippen molar-refractivity contribution in [2.24, 2.45) is 0 Å². The normalized spacial score (nSPS) is 10.4. The molecule has 16 heavy (non-hydrogen) atoms. The fraction of sp³-hybridized carbons (Fsp3) is 0.500. The molecule has 90 valence electrons. The molecule has 0 amide bonds. The van der Waals surface area contributed by atoms with E-state index in [0.717, 1.165) is 5.22 Å². The fourth-order valence-electron chi connectivity index (χ4n) is 1.59. The second-order valence-corrected chi connectivity index (χ2v) is 5.12. The molecular weight excluding hydrogens is 192 g/mol. The van der Waals surface area contributed by atoms with Crippen LogP contribution in [0, 0.1) is 0 Å². The van der Waals surface area contributed by atoms with Crippen molar-refractivity contribution in [1.29, 1.82) is 0 Å². The molecule has 0 saturated carbocycles. The maximum absolute atomic E-state index is 4.08. The van der Waals surface area contributed by atoms with E-state index in [4.69, 9.17) is 0 Å².